The molecular weight excluding hydrogens is 248 g/mol. The van der Waals surface area contributed by atoms with Crippen molar-refractivity contribution in [3.63, 3.8) is 0 Å². The van der Waals surface area contributed by atoms with Gasteiger partial charge in [0.1, 0.15) is 11.5 Å². The Labute approximate surface area is 121 Å². The van der Waals surface area contributed by atoms with Crippen LogP contribution in [-0.4, -0.2) is 14.2 Å². The van der Waals surface area contributed by atoms with Crippen molar-refractivity contribution in [2.45, 2.75) is 27.7 Å². The van der Waals surface area contributed by atoms with E-state index >= 15 is 0 Å². The first kappa shape index (κ1) is 14.4. The third-order valence-electron chi connectivity index (χ3n) is 4.09. The molecule has 106 valence electrons. The molecule has 20 heavy (non-hydrogen) atoms. The van der Waals surface area contributed by atoms with Crippen molar-refractivity contribution in [1.29, 1.82) is 0 Å². The first-order chi connectivity index (χ1) is 9.51. The summed E-state index contributed by atoms with van der Waals surface area (Å²) < 4.78 is 11.1. The molecule has 0 spiro atoms. The molecule has 0 unspecified atom stereocenters. The van der Waals surface area contributed by atoms with Crippen molar-refractivity contribution < 1.29 is 9.47 Å². The Kier molecular flexibility index (Phi) is 4.03. The van der Waals surface area contributed by atoms with Gasteiger partial charge in [0.05, 0.1) is 14.2 Å². The second-order valence-corrected chi connectivity index (χ2v) is 5.17. The molecule has 2 rings (SSSR count). The van der Waals surface area contributed by atoms with E-state index in [0.29, 0.717) is 0 Å². The molecule has 0 aliphatic rings. The molecule has 2 heteroatoms. The van der Waals surface area contributed by atoms with Gasteiger partial charge >= 0.3 is 0 Å². The third kappa shape index (κ3) is 2.26. The van der Waals surface area contributed by atoms with Crippen LogP contribution in [0.25, 0.3) is 11.1 Å². The van der Waals surface area contributed by atoms with E-state index in [4.69, 9.17) is 9.47 Å². The lowest BCUT2D eigenvalue weighted by atomic mass is 9.90. The van der Waals surface area contributed by atoms with Crippen molar-refractivity contribution in [3.05, 3.63) is 46.5 Å². The van der Waals surface area contributed by atoms with Crippen LogP contribution in [0.5, 0.6) is 11.5 Å². The Morgan fingerprint density at radius 1 is 0.600 bits per heavy atom. The van der Waals surface area contributed by atoms with E-state index in [-0.39, 0.29) is 0 Å². The first-order valence-corrected chi connectivity index (χ1v) is 6.80. The molecule has 0 heterocycles. The quantitative estimate of drug-likeness (QED) is 0.811. The zero-order chi connectivity index (χ0) is 14.9. The summed E-state index contributed by atoms with van der Waals surface area (Å²) >= 11 is 0. The van der Waals surface area contributed by atoms with E-state index < -0.39 is 0 Å². The predicted octanol–water partition coefficient (Wildman–Crippen LogP) is 4.60. The van der Waals surface area contributed by atoms with E-state index in [0.717, 1.165) is 22.6 Å². The molecule has 2 nitrogen and oxygen atoms in total. The minimum Gasteiger partial charge on any atom is -0.496 e. The zero-order valence-electron chi connectivity index (χ0n) is 13.1. The van der Waals surface area contributed by atoms with Crippen LogP contribution in [0.1, 0.15) is 22.3 Å². The van der Waals surface area contributed by atoms with Gasteiger partial charge in [0.15, 0.2) is 0 Å². The smallest absolute Gasteiger partial charge is 0.127 e. The second kappa shape index (κ2) is 5.58. The van der Waals surface area contributed by atoms with Gasteiger partial charge in [-0.05, 0) is 62.1 Å². The average molecular weight is 270 g/mol. The molecule has 0 fully saturated rings. The van der Waals surface area contributed by atoms with Crippen LogP contribution in [0.3, 0.4) is 0 Å². The van der Waals surface area contributed by atoms with E-state index in [2.05, 4.69) is 39.8 Å². The minimum atomic E-state index is 0.889. The highest BCUT2D eigenvalue weighted by Gasteiger charge is 2.18. The Bertz CT molecular complexity index is 585. The molecule has 0 N–H and O–H groups in total. The largest absolute Gasteiger partial charge is 0.496 e. The van der Waals surface area contributed by atoms with Crippen molar-refractivity contribution in [3.8, 4) is 22.6 Å². The molecule has 0 atom stereocenters. The fourth-order valence-corrected chi connectivity index (χ4v) is 2.54. The molecule has 0 bridgehead atoms. The van der Waals surface area contributed by atoms with Gasteiger partial charge in [-0.1, -0.05) is 12.1 Å². The van der Waals surface area contributed by atoms with E-state index in [9.17, 15) is 0 Å². The normalized spacial score (nSPS) is 10.5. The predicted molar refractivity (Wildman–Crippen MR) is 83.9 cm³/mol. The second-order valence-electron chi connectivity index (χ2n) is 5.17. The van der Waals surface area contributed by atoms with E-state index in [1.165, 1.54) is 22.3 Å². The Morgan fingerprint density at radius 2 is 0.950 bits per heavy atom. The maximum Gasteiger partial charge on any atom is 0.127 e. The van der Waals surface area contributed by atoms with Gasteiger partial charge in [0.25, 0.3) is 0 Å². The number of ether oxygens (including phenoxy) is 2. The fourth-order valence-electron chi connectivity index (χ4n) is 2.54. The maximum absolute atomic E-state index is 5.57. The maximum atomic E-state index is 5.57. The van der Waals surface area contributed by atoms with Gasteiger partial charge in [-0.2, -0.15) is 0 Å². The fraction of sp³-hybridized carbons (Fsp3) is 0.333. The van der Waals surface area contributed by atoms with Crippen LogP contribution < -0.4 is 9.47 Å². The minimum absolute atomic E-state index is 0.889. The van der Waals surface area contributed by atoms with Gasteiger partial charge < -0.3 is 9.47 Å². The highest BCUT2D eigenvalue weighted by atomic mass is 16.5. The highest BCUT2D eigenvalue weighted by molar-refractivity contribution is 5.82. The lowest BCUT2D eigenvalue weighted by Crippen LogP contribution is -1.99. The Morgan fingerprint density at radius 3 is 1.25 bits per heavy atom. The van der Waals surface area contributed by atoms with E-state index in [1.807, 2.05) is 12.1 Å². The summed E-state index contributed by atoms with van der Waals surface area (Å²) in [5.41, 5.74) is 7.23. The molecule has 2 aromatic rings. The molecule has 0 radical (unpaired) electrons. The number of hydrogen-bond donors (Lipinski definition) is 0. The molecule has 2 aromatic carbocycles. The molecule has 0 aliphatic carbocycles. The molecule has 0 amide bonds. The summed E-state index contributed by atoms with van der Waals surface area (Å²) in [5, 5.41) is 0. The van der Waals surface area contributed by atoms with Crippen LogP contribution >= 0.6 is 0 Å². The third-order valence-corrected chi connectivity index (χ3v) is 4.09. The topological polar surface area (TPSA) is 18.5 Å². The molecule has 0 saturated heterocycles. The number of aryl methyl sites for hydroxylation is 2. The number of methoxy groups -OCH3 is 2. The Balaban J connectivity index is 2.87. The first-order valence-electron chi connectivity index (χ1n) is 6.80. The van der Waals surface area contributed by atoms with Crippen LogP contribution in [0, 0.1) is 27.7 Å². The highest BCUT2D eigenvalue weighted by Crippen LogP contribution is 2.42. The average Bonchev–Trinajstić information content (AvgIpc) is 2.45. The van der Waals surface area contributed by atoms with Crippen LogP contribution in [0.2, 0.25) is 0 Å². The molecule has 0 saturated carbocycles. The van der Waals surface area contributed by atoms with Gasteiger partial charge in [0.2, 0.25) is 0 Å². The van der Waals surface area contributed by atoms with Gasteiger partial charge in [0, 0.05) is 11.1 Å². The number of benzene rings is 2. The van der Waals surface area contributed by atoms with E-state index in [1.54, 1.807) is 14.2 Å². The van der Waals surface area contributed by atoms with Crippen LogP contribution in [0.4, 0.5) is 0 Å². The summed E-state index contributed by atoms with van der Waals surface area (Å²) in [5.74, 6) is 1.78. The molecule has 0 aromatic heterocycles. The van der Waals surface area contributed by atoms with Crippen molar-refractivity contribution in [2.24, 2.45) is 0 Å². The summed E-state index contributed by atoms with van der Waals surface area (Å²) in [6.07, 6.45) is 0. The van der Waals surface area contributed by atoms with Crippen molar-refractivity contribution in [2.75, 3.05) is 14.2 Å². The SMILES string of the molecule is COc1ccc(C)c(C)c1-c1c(OC)ccc(C)c1C. The summed E-state index contributed by atoms with van der Waals surface area (Å²) in [4.78, 5) is 0. The zero-order valence-corrected chi connectivity index (χ0v) is 13.1. The summed E-state index contributed by atoms with van der Waals surface area (Å²) in [6.45, 7) is 8.51. The van der Waals surface area contributed by atoms with Gasteiger partial charge in [-0.3, -0.25) is 0 Å². The number of rotatable bonds is 3. The van der Waals surface area contributed by atoms with Crippen molar-refractivity contribution in [1.82, 2.24) is 0 Å². The monoisotopic (exact) mass is 270 g/mol. The van der Waals surface area contributed by atoms with Gasteiger partial charge in [-0.25, -0.2) is 0 Å². The molecule has 0 aliphatic heterocycles. The summed E-state index contributed by atoms with van der Waals surface area (Å²) in [7, 11) is 3.43. The lowest BCUT2D eigenvalue weighted by Gasteiger charge is -2.19. The van der Waals surface area contributed by atoms with Gasteiger partial charge in [-0.15, -0.1) is 0 Å². The lowest BCUT2D eigenvalue weighted by molar-refractivity contribution is 0.409. The summed E-state index contributed by atoms with van der Waals surface area (Å²) in [6, 6.07) is 8.24. The van der Waals surface area contributed by atoms with Crippen LogP contribution in [0.15, 0.2) is 24.3 Å². The Hall–Kier alpha value is -1.96. The van der Waals surface area contributed by atoms with Crippen LogP contribution in [-0.2, 0) is 0 Å². The number of hydrogen-bond acceptors (Lipinski definition) is 2. The van der Waals surface area contributed by atoms with Crippen molar-refractivity contribution >= 4 is 0 Å². The standard InChI is InChI=1S/C18H22O2/c1-11-7-9-15(19-5)17(13(11)3)18-14(4)12(2)8-10-16(18)20-6/h7-10H,1-6H3. The molecular formula is C18H22O2.